The van der Waals surface area contributed by atoms with Crippen molar-refractivity contribution in [2.45, 2.75) is 20.3 Å². The van der Waals surface area contributed by atoms with Gasteiger partial charge in [-0.05, 0) is 25.5 Å². The van der Waals surface area contributed by atoms with Crippen LogP contribution in [0.5, 0.6) is 0 Å². The van der Waals surface area contributed by atoms with E-state index < -0.39 is 11.9 Å². The molecule has 0 spiro atoms. The molecule has 1 atom stereocenters. The van der Waals surface area contributed by atoms with Crippen LogP contribution in [0.4, 0.5) is 0 Å². The van der Waals surface area contributed by atoms with Gasteiger partial charge in [0.2, 0.25) is 0 Å². The van der Waals surface area contributed by atoms with Crippen LogP contribution in [-0.4, -0.2) is 58.3 Å². The third-order valence-corrected chi connectivity index (χ3v) is 3.80. The van der Waals surface area contributed by atoms with Gasteiger partial charge in [0, 0.05) is 50.3 Å². The number of hydrogen-bond acceptors (Lipinski definition) is 6. The first kappa shape index (κ1) is 19.6. The molecule has 0 aliphatic rings. The standard InChI is InChI=1S/C18H23N3O5/c1-3-25-9-5-8-21(12-13(2)18(23)24)17(22)15-10-16(26-20-15)14-6-4-7-19-11-14/h4,6-7,10-11,13H,3,5,8-9,12H2,1-2H3,(H,23,24). The molecule has 0 aromatic carbocycles. The predicted molar refractivity (Wildman–Crippen MR) is 93.5 cm³/mol. The maximum atomic E-state index is 12.8. The molecule has 0 fully saturated rings. The Kier molecular flexibility index (Phi) is 7.28. The fraction of sp³-hybridized carbons (Fsp3) is 0.444. The number of carboxylic acid groups (broad SMARTS) is 1. The highest BCUT2D eigenvalue weighted by Gasteiger charge is 2.24. The van der Waals surface area contributed by atoms with Gasteiger partial charge in [0.15, 0.2) is 11.5 Å². The van der Waals surface area contributed by atoms with Crippen LogP contribution < -0.4 is 0 Å². The molecule has 2 aromatic rings. The molecule has 0 aliphatic heterocycles. The minimum Gasteiger partial charge on any atom is -0.481 e. The fourth-order valence-electron chi connectivity index (χ4n) is 2.37. The van der Waals surface area contributed by atoms with Gasteiger partial charge in [-0.15, -0.1) is 0 Å². The molecule has 2 aromatic heterocycles. The van der Waals surface area contributed by atoms with Crippen LogP contribution in [0.15, 0.2) is 35.1 Å². The summed E-state index contributed by atoms with van der Waals surface area (Å²) < 4.78 is 10.5. The van der Waals surface area contributed by atoms with Gasteiger partial charge in [-0.25, -0.2) is 0 Å². The van der Waals surface area contributed by atoms with Crippen LogP contribution in [0.25, 0.3) is 11.3 Å². The molecule has 0 saturated carbocycles. The number of rotatable bonds is 10. The van der Waals surface area contributed by atoms with E-state index in [2.05, 4.69) is 10.1 Å². The number of aliphatic carboxylic acids is 1. The molecule has 8 nitrogen and oxygen atoms in total. The SMILES string of the molecule is CCOCCCN(CC(C)C(=O)O)C(=O)c1cc(-c2cccnc2)on1. The molecule has 2 rings (SSSR count). The summed E-state index contributed by atoms with van der Waals surface area (Å²) in [6.45, 7) is 5.03. The summed E-state index contributed by atoms with van der Waals surface area (Å²) in [5.74, 6) is -1.57. The van der Waals surface area contributed by atoms with E-state index in [1.807, 2.05) is 6.92 Å². The van der Waals surface area contributed by atoms with Gasteiger partial charge >= 0.3 is 5.97 Å². The first-order valence-electron chi connectivity index (χ1n) is 8.49. The number of carbonyl (C=O) groups is 2. The van der Waals surface area contributed by atoms with E-state index in [-0.39, 0.29) is 18.1 Å². The zero-order valence-corrected chi connectivity index (χ0v) is 14.9. The number of carboxylic acids is 1. The van der Waals surface area contributed by atoms with Crippen molar-refractivity contribution in [3.05, 3.63) is 36.3 Å². The molecule has 0 saturated heterocycles. The highest BCUT2D eigenvalue weighted by Crippen LogP contribution is 2.20. The van der Waals surface area contributed by atoms with Gasteiger partial charge < -0.3 is 19.3 Å². The zero-order chi connectivity index (χ0) is 18.9. The van der Waals surface area contributed by atoms with Gasteiger partial charge in [0.05, 0.1) is 5.92 Å². The van der Waals surface area contributed by atoms with Gasteiger partial charge in [0.25, 0.3) is 5.91 Å². The summed E-state index contributed by atoms with van der Waals surface area (Å²) in [5, 5.41) is 13.0. The Morgan fingerprint density at radius 1 is 1.42 bits per heavy atom. The number of ether oxygens (including phenoxy) is 1. The van der Waals surface area contributed by atoms with Crippen LogP contribution >= 0.6 is 0 Å². The summed E-state index contributed by atoms with van der Waals surface area (Å²) in [6.07, 6.45) is 3.86. The van der Waals surface area contributed by atoms with Gasteiger partial charge in [-0.1, -0.05) is 12.1 Å². The molecule has 8 heteroatoms. The highest BCUT2D eigenvalue weighted by atomic mass is 16.5. The average molecular weight is 361 g/mol. The molecule has 1 amide bonds. The third kappa shape index (κ3) is 5.38. The number of amides is 1. The summed E-state index contributed by atoms with van der Waals surface area (Å²) >= 11 is 0. The number of hydrogen-bond donors (Lipinski definition) is 1. The second-order valence-corrected chi connectivity index (χ2v) is 5.86. The molecule has 2 heterocycles. The van der Waals surface area contributed by atoms with Gasteiger partial charge in [-0.2, -0.15) is 0 Å². The van der Waals surface area contributed by atoms with Gasteiger partial charge in [-0.3, -0.25) is 14.6 Å². The Balaban J connectivity index is 2.11. The van der Waals surface area contributed by atoms with Gasteiger partial charge in [0.1, 0.15) is 0 Å². The maximum Gasteiger partial charge on any atom is 0.308 e. The molecular formula is C18H23N3O5. The largest absolute Gasteiger partial charge is 0.481 e. The molecule has 0 radical (unpaired) electrons. The summed E-state index contributed by atoms with van der Waals surface area (Å²) in [4.78, 5) is 29.4. The van der Waals surface area contributed by atoms with Crippen molar-refractivity contribution >= 4 is 11.9 Å². The summed E-state index contributed by atoms with van der Waals surface area (Å²) in [6, 6.07) is 5.10. The van der Waals surface area contributed by atoms with Crippen molar-refractivity contribution in [2.75, 3.05) is 26.3 Å². The van der Waals surface area contributed by atoms with E-state index in [9.17, 15) is 9.59 Å². The number of pyridine rings is 1. The van der Waals surface area contributed by atoms with Crippen molar-refractivity contribution in [1.29, 1.82) is 0 Å². The average Bonchev–Trinajstić information content (AvgIpc) is 3.14. The fourth-order valence-corrected chi connectivity index (χ4v) is 2.37. The predicted octanol–water partition coefficient (Wildman–Crippen LogP) is 2.33. The Morgan fingerprint density at radius 3 is 2.88 bits per heavy atom. The highest BCUT2D eigenvalue weighted by molar-refractivity contribution is 5.93. The van der Waals surface area contributed by atoms with Crippen LogP contribution in [0.2, 0.25) is 0 Å². The second kappa shape index (κ2) is 9.67. The van der Waals surface area contributed by atoms with Crippen molar-refractivity contribution in [1.82, 2.24) is 15.0 Å². The lowest BCUT2D eigenvalue weighted by Gasteiger charge is -2.23. The Bertz CT molecular complexity index is 717. The molecule has 0 bridgehead atoms. The molecule has 26 heavy (non-hydrogen) atoms. The van der Waals surface area contributed by atoms with Crippen molar-refractivity contribution in [2.24, 2.45) is 5.92 Å². The van der Waals surface area contributed by atoms with Crippen molar-refractivity contribution in [3.63, 3.8) is 0 Å². The lowest BCUT2D eigenvalue weighted by atomic mass is 10.1. The van der Waals surface area contributed by atoms with E-state index in [1.54, 1.807) is 37.5 Å². The van der Waals surface area contributed by atoms with E-state index in [1.165, 1.54) is 4.90 Å². The van der Waals surface area contributed by atoms with Crippen molar-refractivity contribution in [3.8, 4) is 11.3 Å². The van der Waals surface area contributed by atoms with E-state index >= 15 is 0 Å². The summed E-state index contributed by atoms with van der Waals surface area (Å²) in [7, 11) is 0. The second-order valence-electron chi connectivity index (χ2n) is 5.86. The minimum atomic E-state index is -0.955. The topological polar surface area (TPSA) is 106 Å². The monoisotopic (exact) mass is 361 g/mol. The number of aromatic nitrogens is 2. The lowest BCUT2D eigenvalue weighted by molar-refractivity contribution is -0.141. The third-order valence-electron chi connectivity index (χ3n) is 3.80. The molecule has 140 valence electrons. The smallest absolute Gasteiger partial charge is 0.308 e. The first-order valence-corrected chi connectivity index (χ1v) is 8.49. The number of nitrogens with zero attached hydrogens (tertiary/aromatic N) is 3. The summed E-state index contributed by atoms with van der Waals surface area (Å²) in [5.41, 5.74) is 0.846. The van der Waals surface area contributed by atoms with Crippen LogP contribution in [0.1, 0.15) is 30.8 Å². The Hall–Kier alpha value is -2.74. The molecular weight excluding hydrogens is 338 g/mol. The van der Waals surface area contributed by atoms with E-state index in [4.69, 9.17) is 14.4 Å². The zero-order valence-electron chi connectivity index (χ0n) is 14.9. The van der Waals surface area contributed by atoms with E-state index in [0.29, 0.717) is 37.5 Å². The molecule has 1 N–H and O–H groups in total. The Morgan fingerprint density at radius 2 is 2.23 bits per heavy atom. The number of carbonyl (C=O) groups excluding carboxylic acids is 1. The normalized spacial score (nSPS) is 11.9. The Labute approximate surface area is 151 Å². The molecule has 1 unspecified atom stereocenters. The van der Waals surface area contributed by atoms with Crippen LogP contribution in [0, 0.1) is 5.92 Å². The minimum absolute atomic E-state index is 0.0926. The van der Waals surface area contributed by atoms with Crippen LogP contribution in [0.3, 0.4) is 0 Å². The molecule has 0 aliphatic carbocycles. The van der Waals surface area contributed by atoms with Crippen LogP contribution in [-0.2, 0) is 9.53 Å². The quantitative estimate of drug-likeness (QED) is 0.647. The maximum absolute atomic E-state index is 12.8. The van der Waals surface area contributed by atoms with E-state index in [0.717, 1.165) is 0 Å². The first-order chi connectivity index (χ1) is 12.5. The lowest BCUT2D eigenvalue weighted by Crippen LogP contribution is -2.38. The van der Waals surface area contributed by atoms with Crippen molar-refractivity contribution < 1.29 is 24.0 Å².